The molecule has 4 rings (SSSR count). The van der Waals surface area contributed by atoms with E-state index in [1.807, 2.05) is 18.2 Å². The number of alkyl halides is 3. The zero-order valence-electron chi connectivity index (χ0n) is 14.5. The molecular formula is C20H15F3N2O2S. The van der Waals surface area contributed by atoms with Gasteiger partial charge in [0.25, 0.3) is 10.0 Å². The molecule has 1 aromatic heterocycles. The smallest absolute Gasteiger partial charge is 0.266 e. The van der Waals surface area contributed by atoms with Crippen molar-refractivity contribution in [1.82, 2.24) is 4.98 Å². The minimum atomic E-state index is -4.75. The average molecular weight is 404 g/mol. The predicted molar refractivity (Wildman–Crippen MR) is 99.4 cm³/mol. The minimum absolute atomic E-state index is 0.101. The Morgan fingerprint density at radius 2 is 1.64 bits per heavy atom. The molecule has 4 nitrogen and oxygen atoms in total. The molecule has 3 aromatic rings. The van der Waals surface area contributed by atoms with Gasteiger partial charge in [0.15, 0.2) is 0 Å². The lowest BCUT2D eigenvalue weighted by Gasteiger charge is -2.22. The number of nitrogens with zero attached hydrogens (tertiary/aromatic N) is 2. The van der Waals surface area contributed by atoms with E-state index in [0.29, 0.717) is 12.1 Å². The Labute approximate surface area is 160 Å². The highest BCUT2D eigenvalue weighted by Crippen LogP contribution is 2.39. The fourth-order valence-corrected chi connectivity index (χ4v) is 5.11. The van der Waals surface area contributed by atoms with Crippen molar-refractivity contribution in [2.75, 3.05) is 10.8 Å². The van der Waals surface area contributed by atoms with Gasteiger partial charge in [-0.15, -0.1) is 0 Å². The van der Waals surface area contributed by atoms with Gasteiger partial charge in [0.1, 0.15) is 0 Å². The zero-order chi connectivity index (χ0) is 19.9. The monoisotopic (exact) mass is 404 g/mol. The Hall–Kier alpha value is -2.87. The van der Waals surface area contributed by atoms with Crippen LogP contribution < -0.4 is 4.31 Å². The molecular weight excluding hydrogens is 389 g/mol. The van der Waals surface area contributed by atoms with E-state index in [9.17, 15) is 21.6 Å². The van der Waals surface area contributed by atoms with Crippen LogP contribution >= 0.6 is 0 Å². The van der Waals surface area contributed by atoms with Crippen molar-refractivity contribution in [2.45, 2.75) is 17.5 Å². The number of anilines is 1. The van der Waals surface area contributed by atoms with Crippen molar-refractivity contribution in [3.63, 3.8) is 0 Å². The fraction of sp³-hybridized carbons (Fsp3) is 0.150. The fourth-order valence-electron chi connectivity index (χ4n) is 3.39. The predicted octanol–water partition coefficient (Wildman–Crippen LogP) is 4.52. The van der Waals surface area contributed by atoms with E-state index < -0.39 is 26.7 Å². The quantitative estimate of drug-likeness (QED) is 0.645. The molecule has 0 spiro atoms. The highest BCUT2D eigenvalue weighted by atomic mass is 32.2. The van der Waals surface area contributed by atoms with Crippen LogP contribution in [0.4, 0.5) is 18.9 Å². The van der Waals surface area contributed by atoms with Crippen LogP contribution in [0, 0.1) is 0 Å². The van der Waals surface area contributed by atoms with Gasteiger partial charge in [0.2, 0.25) is 0 Å². The number of hydrogen-bond donors (Lipinski definition) is 0. The van der Waals surface area contributed by atoms with Gasteiger partial charge in [-0.3, -0.25) is 9.29 Å². The second kappa shape index (κ2) is 6.63. The van der Waals surface area contributed by atoms with Gasteiger partial charge in [0, 0.05) is 18.9 Å². The number of sulfonamides is 1. The number of fused-ring (bicyclic) bond motifs is 1. The maximum absolute atomic E-state index is 13.3. The first-order chi connectivity index (χ1) is 13.3. The van der Waals surface area contributed by atoms with Gasteiger partial charge in [0.05, 0.1) is 16.1 Å². The summed E-state index contributed by atoms with van der Waals surface area (Å²) < 4.78 is 67.1. The van der Waals surface area contributed by atoms with Gasteiger partial charge >= 0.3 is 6.18 Å². The third-order valence-electron chi connectivity index (χ3n) is 4.71. The van der Waals surface area contributed by atoms with Crippen molar-refractivity contribution in [3.05, 3.63) is 78.1 Å². The molecule has 28 heavy (non-hydrogen) atoms. The second-order valence-corrected chi connectivity index (χ2v) is 8.23. The molecule has 0 saturated heterocycles. The number of aromatic nitrogens is 1. The Balaban J connectivity index is 1.76. The van der Waals surface area contributed by atoms with Crippen LogP contribution in [-0.2, 0) is 22.6 Å². The van der Waals surface area contributed by atoms with Crippen LogP contribution in [0.15, 0.2) is 71.9 Å². The molecule has 1 aliphatic rings. The highest BCUT2D eigenvalue weighted by Gasteiger charge is 2.40. The van der Waals surface area contributed by atoms with Gasteiger partial charge in [-0.1, -0.05) is 18.2 Å². The first-order valence-corrected chi connectivity index (χ1v) is 9.95. The molecule has 0 saturated carbocycles. The molecule has 0 bridgehead atoms. The molecule has 0 aliphatic carbocycles. The molecule has 0 N–H and O–H groups in total. The summed E-state index contributed by atoms with van der Waals surface area (Å²) in [6.07, 6.45) is -1.00. The molecule has 1 aliphatic heterocycles. The summed E-state index contributed by atoms with van der Waals surface area (Å²) in [5.74, 6) is 0. The molecule has 0 amide bonds. The van der Waals surface area contributed by atoms with E-state index in [0.717, 1.165) is 33.1 Å². The summed E-state index contributed by atoms with van der Waals surface area (Å²) in [5, 5.41) is 0. The van der Waals surface area contributed by atoms with Gasteiger partial charge in [-0.25, -0.2) is 8.42 Å². The molecule has 0 unspecified atom stereocenters. The van der Waals surface area contributed by atoms with Crippen molar-refractivity contribution < 1.29 is 21.6 Å². The van der Waals surface area contributed by atoms with Crippen molar-refractivity contribution >= 4 is 15.7 Å². The number of pyridine rings is 1. The van der Waals surface area contributed by atoms with E-state index in [1.165, 1.54) is 12.1 Å². The lowest BCUT2D eigenvalue weighted by atomic mass is 10.0. The number of rotatable bonds is 3. The van der Waals surface area contributed by atoms with Crippen molar-refractivity contribution in [2.24, 2.45) is 0 Å². The molecule has 144 valence electrons. The van der Waals surface area contributed by atoms with E-state index >= 15 is 0 Å². The molecule has 8 heteroatoms. The van der Waals surface area contributed by atoms with Gasteiger partial charge in [-0.2, -0.15) is 13.2 Å². The van der Waals surface area contributed by atoms with E-state index in [-0.39, 0.29) is 6.54 Å². The SMILES string of the molecule is O=S(=O)(c1ccccc1C(F)(F)F)N1CCc2cc(-c3ccncc3)ccc21. The highest BCUT2D eigenvalue weighted by molar-refractivity contribution is 7.93. The maximum atomic E-state index is 13.3. The van der Waals surface area contributed by atoms with Crippen LogP contribution in [0.2, 0.25) is 0 Å². The first-order valence-electron chi connectivity index (χ1n) is 8.51. The normalized spacial score (nSPS) is 14.2. The summed E-state index contributed by atoms with van der Waals surface area (Å²) in [4.78, 5) is 3.24. The van der Waals surface area contributed by atoms with Crippen molar-refractivity contribution in [3.8, 4) is 11.1 Å². The Kier molecular flexibility index (Phi) is 4.38. The third kappa shape index (κ3) is 3.13. The van der Waals surface area contributed by atoms with Gasteiger partial charge < -0.3 is 0 Å². The lowest BCUT2D eigenvalue weighted by Crippen LogP contribution is -2.30. The van der Waals surface area contributed by atoms with Crippen LogP contribution in [-0.4, -0.2) is 19.9 Å². The summed E-state index contributed by atoms with van der Waals surface area (Å²) >= 11 is 0. The Bertz CT molecular complexity index is 1130. The number of halogens is 3. The van der Waals surface area contributed by atoms with E-state index in [1.54, 1.807) is 24.5 Å². The molecule has 2 aromatic carbocycles. The molecule has 0 radical (unpaired) electrons. The lowest BCUT2D eigenvalue weighted by molar-refractivity contribution is -0.139. The minimum Gasteiger partial charge on any atom is -0.266 e. The molecule has 0 atom stereocenters. The zero-order valence-corrected chi connectivity index (χ0v) is 15.3. The van der Waals surface area contributed by atoms with E-state index in [4.69, 9.17) is 0 Å². The average Bonchev–Trinajstić information content (AvgIpc) is 3.12. The van der Waals surface area contributed by atoms with E-state index in [2.05, 4.69) is 4.98 Å². The van der Waals surface area contributed by atoms with Crippen LogP contribution in [0.3, 0.4) is 0 Å². The first kappa shape index (κ1) is 18.5. The Morgan fingerprint density at radius 1 is 0.929 bits per heavy atom. The Morgan fingerprint density at radius 3 is 2.36 bits per heavy atom. The molecule has 0 fully saturated rings. The topological polar surface area (TPSA) is 50.3 Å². The summed E-state index contributed by atoms with van der Waals surface area (Å²) in [6, 6.07) is 13.2. The summed E-state index contributed by atoms with van der Waals surface area (Å²) in [6.45, 7) is 0.101. The third-order valence-corrected chi connectivity index (χ3v) is 6.58. The summed E-state index contributed by atoms with van der Waals surface area (Å²) in [5.41, 5.74) is 1.87. The number of hydrogen-bond acceptors (Lipinski definition) is 3. The van der Waals surface area contributed by atoms with Crippen LogP contribution in [0.5, 0.6) is 0 Å². The molecule has 2 heterocycles. The number of benzene rings is 2. The van der Waals surface area contributed by atoms with Crippen LogP contribution in [0.1, 0.15) is 11.1 Å². The largest absolute Gasteiger partial charge is 0.417 e. The van der Waals surface area contributed by atoms with Crippen LogP contribution in [0.25, 0.3) is 11.1 Å². The maximum Gasteiger partial charge on any atom is 0.417 e. The summed E-state index contributed by atoms with van der Waals surface area (Å²) in [7, 11) is -4.34. The van der Waals surface area contributed by atoms with Crippen molar-refractivity contribution in [1.29, 1.82) is 0 Å². The second-order valence-electron chi connectivity index (χ2n) is 6.40. The van der Waals surface area contributed by atoms with Gasteiger partial charge in [-0.05, 0) is 59.5 Å². The standard InChI is InChI=1S/C20H15F3N2O2S/c21-20(22,23)17-3-1-2-4-19(17)28(26,27)25-12-9-16-13-15(5-6-18(16)25)14-7-10-24-11-8-14/h1-8,10-11,13H,9,12H2.